The molecule has 2 atom stereocenters. The average molecular weight is 510 g/mol. The fourth-order valence-electron chi connectivity index (χ4n) is 4.49. The number of hydrogen-bond donors (Lipinski definition) is 0. The van der Waals surface area contributed by atoms with Gasteiger partial charge in [0.2, 0.25) is 0 Å². The molecule has 1 saturated heterocycles. The number of rotatable bonds is 8. The molecule has 1 fully saturated rings. The first-order chi connectivity index (χ1) is 18.4. The van der Waals surface area contributed by atoms with Crippen LogP contribution in [-0.2, 0) is 14.3 Å². The Morgan fingerprint density at radius 1 is 0.895 bits per heavy atom. The van der Waals surface area contributed by atoms with Gasteiger partial charge in [-0.3, -0.25) is 9.59 Å². The summed E-state index contributed by atoms with van der Waals surface area (Å²) in [7, 11) is 1.68. The van der Waals surface area contributed by atoms with Crippen molar-refractivity contribution in [2.24, 2.45) is 4.99 Å². The molecule has 0 spiro atoms. The third-order valence-electron chi connectivity index (χ3n) is 6.53. The second-order valence-corrected chi connectivity index (χ2v) is 8.96. The molecule has 3 aromatic carbocycles. The van der Waals surface area contributed by atoms with Crippen LogP contribution < -0.4 is 0 Å². The highest BCUT2D eigenvalue weighted by Crippen LogP contribution is 2.35. The SMILES string of the molecule is CCOC(=O)C/C=C(\N=C(c1ccccc1)c1ccccc1)C(=O)N1C(=O)N(C)[C@@H](C)[C@H]1c1ccccc1. The predicted molar refractivity (Wildman–Crippen MR) is 147 cm³/mol. The van der Waals surface area contributed by atoms with Gasteiger partial charge in [0, 0.05) is 18.2 Å². The van der Waals surface area contributed by atoms with E-state index in [0.717, 1.165) is 16.7 Å². The summed E-state index contributed by atoms with van der Waals surface area (Å²) in [5, 5.41) is 0. The zero-order valence-corrected chi connectivity index (χ0v) is 21.8. The topological polar surface area (TPSA) is 79.3 Å². The van der Waals surface area contributed by atoms with Gasteiger partial charge in [-0.05, 0) is 25.5 Å². The lowest BCUT2D eigenvalue weighted by molar-refractivity contribution is -0.142. The third-order valence-corrected chi connectivity index (χ3v) is 6.53. The van der Waals surface area contributed by atoms with Crippen molar-refractivity contribution < 1.29 is 19.1 Å². The molecule has 3 amide bonds. The number of esters is 1. The van der Waals surface area contributed by atoms with Gasteiger partial charge in [0.05, 0.1) is 30.8 Å². The summed E-state index contributed by atoms with van der Waals surface area (Å²) in [4.78, 5) is 47.4. The van der Waals surface area contributed by atoms with Gasteiger partial charge in [-0.1, -0.05) is 91.0 Å². The minimum atomic E-state index is -0.575. The summed E-state index contributed by atoms with van der Waals surface area (Å²) in [6.07, 6.45) is 1.29. The van der Waals surface area contributed by atoms with Gasteiger partial charge < -0.3 is 9.64 Å². The largest absolute Gasteiger partial charge is 0.466 e. The first-order valence-electron chi connectivity index (χ1n) is 12.6. The lowest BCUT2D eigenvalue weighted by Gasteiger charge is -2.24. The van der Waals surface area contributed by atoms with Crippen LogP contribution in [0.15, 0.2) is 108 Å². The molecule has 194 valence electrons. The lowest BCUT2D eigenvalue weighted by atomic mass is 10.00. The summed E-state index contributed by atoms with van der Waals surface area (Å²) in [5.41, 5.74) is 2.99. The Labute approximate surface area is 223 Å². The van der Waals surface area contributed by atoms with E-state index >= 15 is 0 Å². The normalized spacial score (nSPS) is 17.3. The smallest absolute Gasteiger partial charge is 0.327 e. The van der Waals surface area contributed by atoms with Crippen LogP contribution >= 0.6 is 0 Å². The third kappa shape index (κ3) is 5.72. The van der Waals surface area contributed by atoms with Gasteiger partial charge in [0.25, 0.3) is 5.91 Å². The number of ether oxygens (including phenoxy) is 1. The fraction of sp³-hybridized carbons (Fsp3) is 0.226. The second-order valence-electron chi connectivity index (χ2n) is 8.96. The Balaban J connectivity index is 1.84. The number of aliphatic imine (C=N–C) groups is 1. The minimum Gasteiger partial charge on any atom is -0.466 e. The first kappa shape index (κ1) is 26.5. The predicted octanol–water partition coefficient (Wildman–Crippen LogP) is 5.38. The van der Waals surface area contributed by atoms with Crippen LogP contribution in [0, 0.1) is 0 Å². The van der Waals surface area contributed by atoms with E-state index in [4.69, 9.17) is 9.73 Å². The number of hydrogen-bond acceptors (Lipinski definition) is 5. The monoisotopic (exact) mass is 509 g/mol. The molecule has 0 radical (unpaired) electrons. The molecule has 7 nitrogen and oxygen atoms in total. The Kier molecular flexibility index (Phi) is 8.48. The van der Waals surface area contributed by atoms with Crippen molar-refractivity contribution in [2.75, 3.05) is 13.7 Å². The van der Waals surface area contributed by atoms with E-state index in [1.165, 1.54) is 11.0 Å². The Morgan fingerprint density at radius 2 is 1.42 bits per heavy atom. The number of imide groups is 1. The summed E-state index contributed by atoms with van der Waals surface area (Å²) in [6.45, 7) is 3.86. The Morgan fingerprint density at radius 3 is 1.95 bits per heavy atom. The van der Waals surface area contributed by atoms with Crippen molar-refractivity contribution >= 4 is 23.6 Å². The van der Waals surface area contributed by atoms with E-state index in [1.807, 2.05) is 97.9 Å². The van der Waals surface area contributed by atoms with Crippen LogP contribution in [0.4, 0.5) is 4.79 Å². The molecule has 0 aromatic heterocycles. The number of amides is 3. The Bertz CT molecular complexity index is 1300. The first-order valence-corrected chi connectivity index (χ1v) is 12.6. The number of nitrogens with zero attached hydrogens (tertiary/aromatic N) is 3. The molecule has 0 N–H and O–H groups in total. The van der Waals surface area contributed by atoms with Gasteiger partial charge >= 0.3 is 12.0 Å². The van der Waals surface area contributed by atoms with Gasteiger partial charge in [0.15, 0.2) is 0 Å². The quantitative estimate of drug-likeness (QED) is 0.232. The number of urea groups is 1. The van der Waals surface area contributed by atoms with Crippen molar-refractivity contribution in [3.63, 3.8) is 0 Å². The maximum absolute atomic E-state index is 14.2. The zero-order chi connectivity index (χ0) is 27.1. The molecular weight excluding hydrogens is 478 g/mol. The molecule has 0 saturated carbocycles. The van der Waals surface area contributed by atoms with Crippen molar-refractivity contribution in [1.82, 2.24) is 9.80 Å². The van der Waals surface area contributed by atoms with Crippen LogP contribution in [0.3, 0.4) is 0 Å². The number of benzene rings is 3. The highest BCUT2D eigenvalue weighted by molar-refractivity contribution is 6.16. The molecular formula is C31H31N3O4. The molecule has 7 heteroatoms. The average Bonchev–Trinajstić information content (AvgIpc) is 3.18. The molecule has 0 bridgehead atoms. The maximum Gasteiger partial charge on any atom is 0.327 e. The number of carbonyl (C=O) groups excluding carboxylic acids is 3. The number of carbonyl (C=O) groups is 3. The van der Waals surface area contributed by atoms with E-state index < -0.39 is 23.9 Å². The molecule has 1 heterocycles. The van der Waals surface area contributed by atoms with Crippen LogP contribution in [0.25, 0.3) is 0 Å². The molecule has 0 aliphatic carbocycles. The summed E-state index contributed by atoms with van der Waals surface area (Å²) in [5.74, 6) is -1.06. The molecule has 4 rings (SSSR count). The molecule has 38 heavy (non-hydrogen) atoms. The molecule has 1 aliphatic rings. The van der Waals surface area contributed by atoms with Gasteiger partial charge in [-0.2, -0.15) is 0 Å². The lowest BCUT2D eigenvalue weighted by Crippen LogP contribution is -2.37. The van der Waals surface area contributed by atoms with E-state index in [9.17, 15) is 14.4 Å². The summed E-state index contributed by atoms with van der Waals surface area (Å²) >= 11 is 0. The van der Waals surface area contributed by atoms with Crippen molar-refractivity contribution in [3.05, 3.63) is 119 Å². The van der Waals surface area contributed by atoms with Gasteiger partial charge in [0.1, 0.15) is 5.70 Å². The van der Waals surface area contributed by atoms with Crippen LogP contribution in [0.2, 0.25) is 0 Å². The minimum absolute atomic E-state index is 0.00228. The summed E-state index contributed by atoms with van der Waals surface area (Å²) in [6, 6.07) is 27.3. The highest BCUT2D eigenvalue weighted by Gasteiger charge is 2.46. The van der Waals surface area contributed by atoms with Crippen molar-refractivity contribution in [3.8, 4) is 0 Å². The van der Waals surface area contributed by atoms with Gasteiger partial charge in [-0.25, -0.2) is 14.7 Å². The highest BCUT2D eigenvalue weighted by atomic mass is 16.5. The molecule has 0 unspecified atom stereocenters. The van der Waals surface area contributed by atoms with Crippen LogP contribution in [0.1, 0.15) is 43.0 Å². The van der Waals surface area contributed by atoms with Crippen molar-refractivity contribution in [1.29, 1.82) is 0 Å². The second kappa shape index (κ2) is 12.1. The molecule has 3 aromatic rings. The summed E-state index contributed by atoms with van der Waals surface area (Å²) < 4.78 is 5.09. The van der Waals surface area contributed by atoms with Crippen LogP contribution in [-0.4, -0.2) is 53.1 Å². The Hall–Kier alpha value is -4.52. The maximum atomic E-state index is 14.2. The van der Waals surface area contributed by atoms with E-state index in [-0.39, 0.29) is 24.8 Å². The standard InChI is InChI=1S/C31H31N3O4/c1-4-38-27(35)21-20-26(32-28(23-14-8-5-9-15-23)24-16-10-6-11-17-24)30(36)34-29(22(2)33(3)31(34)37)25-18-12-7-13-19-25/h5-20,22,29H,4,21H2,1-3H3/b26-20-/t22-,29-/m0/s1. The molecule has 1 aliphatic heterocycles. The van der Waals surface area contributed by atoms with E-state index in [0.29, 0.717) is 5.71 Å². The van der Waals surface area contributed by atoms with Crippen LogP contribution in [0.5, 0.6) is 0 Å². The van der Waals surface area contributed by atoms with E-state index in [2.05, 4.69) is 0 Å². The fourth-order valence-corrected chi connectivity index (χ4v) is 4.49. The zero-order valence-electron chi connectivity index (χ0n) is 21.8. The van der Waals surface area contributed by atoms with Crippen molar-refractivity contribution in [2.45, 2.75) is 32.4 Å². The van der Waals surface area contributed by atoms with Gasteiger partial charge in [-0.15, -0.1) is 0 Å². The number of likely N-dealkylation sites (N-methyl/N-ethyl adjacent to an activating group) is 1. The van der Waals surface area contributed by atoms with E-state index in [1.54, 1.807) is 18.9 Å².